The number of nitrogens with zero attached hydrogens (tertiary/aromatic N) is 1. The standard InChI is InChI=1S/C15H26N2O3/c1-11(14(18)16-13-5-3-4-6-13)17-9-7-12(8-10-17)15(19)20-2/h11-13H,3-10H2,1-2H3,(H,16,18). The fourth-order valence-electron chi connectivity index (χ4n) is 3.25. The minimum absolute atomic E-state index is 0.00124. The van der Waals surface area contributed by atoms with Gasteiger partial charge >= 0.3 is 5.97 Å². The third kappa shape index (κ3) is 3.72. The fraction of sp³-hybridized carbons (Fsp3) is 0.867. The van der Waals surface area contributed by atoms with E-state index in [1.54, 1.807) is 0 Å². The normalized spacial score (nSPS) is 23.5. The van der Waals surface area contributed by atoms with Crippen LogP contribution >= 0.6 is 0 Å². The lowest BCUT2D eigenvalue weighted by molar-refractivity contribution is -0.147. The summed E-state index contributed by atoms with van der Waals surface area (Å²) in [7, 11) is 1.44. The Balaban J connectivity index is 1.77. The Hall–Kier alpha value is -1.10. The number of methoxy groups -OCH3 is 1. The van der Waals surface area contributed by atoms with E-state index in [1.165, 1.54) is 20.0 Å². The zero-order chi connectivity index (χ0) is 14.5. The number of amides is 1. The molecule has 1 amide bonds. The second-order valence-electron chi connectivity index (χ2n) is 6.00. The molecule has 1 N–H and O–H groups in total. The summed E-state index contributed by atoms with van der Waals surface area (Å²) < 4.78 is 4.78. The van der Waals surface area contributed by atoms with Crippen molar-refractivity contribution in [2.75, 3.05) is 20.2 Å². The molecule has 20 heavy (non-hydrogen) atoms. The number of nitrogens with one attached hydrogen (secondary N) is 1. The van der Waals surface area contributed by atoms with E-state index in [0.717, 1.165) is 38.8 Å². The monoisotopic (exact) mass is 282 g/mol. The van der Waals surface area contributed by atoms with Crippen molar-refractivity contribution in [3.05, 3.63) is 0 Å². The summed E-state index contributed by atoms with van der Waals surface area (Å²) >= 11 is 0. The van der Waals surface area contributed by atoms with Gasteiger partial charge in [-0.25, -0.2) is 0 Å². The van der Waals surface area contributed by atoms with Crippen LogP contribution in [0.3, 0.4) is 0 Å². The van der Waals surface area contributed by atoms with Gasteiger partial charge in [0, 0.05) is 6.04 Å². The number of hydrogen-bond donors (Lipinski definition) is 1. The van der Waals surface area contributed by atoms with E-state index in [-0.39, 0.29) is 23.8 Å². The van der Waals surface area contributed by atoms with Gasteiger partial charge in [0.15, 0.2) is 0 Å². The molecule has 5 heteroatoms. The van der Waals surface area contributed by atoms with Gasteiger partial charge < -0.3 is 10.1 Å². The van der Waals surface area contributed by atoms with Gasteiger partial charge in [-0.1, -0.05) is 12.8 Å². The first-order valence-electron chi connectivity index (χ1n) is 7.74. The van der Waals surface area contributed by atoms with Crippen LogP contribution in [0.25, 0.3) is 0 Å². The van der Waals surface area contributed by atoms with E-state index in [1.807, 2.05) is 6.92 Å². The second-order valence-corrected chi connectivity index (χ2v) is 6.00. The molecule has 1 saturated heterocycles. The van der Waals surface area contributed by atoms with E-state index in [2.05, 4.69) is 10.2 Å². The molecular formula is C15H26N2O3. The lowest BCUT2D eigenvalue weighted by Crippen LogP contribution is -2.50. The third-order valence-electron chi connectivity index (χ3n) is 4.69. The molecule has 1 heterocycles. The van der Waals surface area contributed by atoms with E-state index in [0.29, 0.717) is 6.04 Å². The first-order chi connectivity index (χ1) is 9.61. The largest absolute Gasteiger partial charge is 0.469 e. The van der Waals surface area contributed by atoms with Crippen LogP contribution in [0.15, 0.2) is 0 Å². The smallest absolute Gasteiger partial charge is 0.308 e. The Morgan fingerprint density at radius 2 is 1.75 bits per heavy atom. The van der Waals surface area contributed by atoms with Gasteiger partial charge in [0.05, 0.1) is 19.1 Å². The maximum absolute atomic E-state index is 12.2. The molecule has 2 fully saturated rings. The maximum Gasteiger partial charge on any atom is 0.308 e. The Labute approximate surface area is 121 Å². The third-order valence-corrected chi connectivity index (χ3v) is 4.69. The first kappa shape index (κ1) is 15.3. The second kappa shape index (κ2) is 7.07. The van der Waals surface area contributed by atoms with Crippen LogP contribution in [-0.2, 0) is 14.3 Å². The highest BCUT2D eigenvalue weighted by Crippen LogP contribution is 2.21. The minimum atomic E-state index is -0.118. The number of esters is 1. The number of ether oxygens (including phenoxy) is 1. The van der Waals surface area contributed by atoms with Gasteiger partial charge in [0.25, 0.3) is 0 Å². The highest BCUT2D eigenvalue weighted by atomic mass is 16.5. The molecule has 0 aromatic rings. The Bertz CT molecular complexity index is 345. The van der Waals surface area contributed by atoms with Crippen molar-refractivity contribution in [2.24, 2.45) is 5.92 Å². The Kier molecular flexibility index (Phi) is 5.40. The molecule has 0 aromatic heterocycles. The van der Waals surface area contributed by atoms with Crippen LogP contribution in [0.4, 0.5) is 0 Å². The van der Waals surface area contributed by atoms with Crippen LogP contribution < -0.4 is 5.32 Å². The molecule has 1 aliphatic carbocycles. The number of carbonyl (C=O) groups is 2. The number of carbonyl (C=O) groups excluding carboxylic acids is 2. The van der Waals surface area contributed by atoms with Crippen molar-refractivity contribution in [3.8, 4) is 0 Å². The van der Waals surface area contributed by atoms with E-state index >= 15 is 0 Å². The molecule has 1 atom stereocenters. The summed E-state index contributed by atoms with van der Waals surface area (Å²) in [5.41, 5.74) is 0. The van der Waals surface area contributed by atoms with E-state index in [4.69, 9.17) is 4.74 Å². The molecule has 5 nitrogen and oxygen atoms in total. The zero-order valence-electron chi connectivity index (χ0n) is 12.6. The minimum Gasteiger partial charge on any atom is -0.469 e. The molecule has 0 radical (unpaired) electrons. The topological polar surface area (TPSA) is 58.6 Å². The highest BCUT2D eigenvalue weighted by molar-refractivity contribution is 5.81. The van der Waals surface area contributed by atoms with Crippen LogP contribution in [0.5, 0.6) is 0 Å². The molecule has 0 aromatic carbocycles. The van der Waals surface area contributed by atoms with Crippen molar-refractivity contribution in [1.82, 2.24) is 10.2 Å². The molecule has 0 spiro atoms. The molecule has 114 valence electrons. The SMILES string of the molecule is COC(=O)C1CCN(C(C)C(=O)NC2CCCC2)CC1. The van der Waals surface area contributed by atoms with E-state index < -0.39 is 0 Å². The lowest BCUT2D eigenvalue weighted by Gasteiger charge is -2.34. The van der Waals surface area contributed by atoms with Crippen LogP contribution in [-0.4, -0.2) is 49.1 Å². The summed E-state index contributed by atoms with van der Waals surface area (Å²) in [6.45, 7) is 3.54. The van der Waals surface area contributed by atoms with Crippen molar-refractivity contribution < 1.29 is 14.3 Å². The summed E-state index contributed by atoms with van der Waals surface area (Å²) in [6.07, 6.45) is 6.25. The van der Waals surface area contributed by atoms with Crippen LogP contribution in [0.2, 0.25) is 0 Å². The van der Waals surface area contributed by atoms with Crippen LogP contribution in [0, 0.1) is 5.92 Å². The highest BCUT2D eigenvalue weighted by Gasteiger charge is 2.31. The molecule has 1 unspecified atom stereocenters. The average molecular weight is 282 g/mol. The first-order valence-corrected chi connectivity index (χ1v) is 7.74. The van der Waals surface area contributed by atoms with Crippen LogP contribution in [0.1, 0.15) is 45.4 Å². The molecule has 1 aliphatic heterocycles. The van der Waals surface area contributed by atoms with Crippen molar-refractivity contribution in [1.29, 1.82) is 0 Å². The molecular weight excluding hydrogens is 256 g/mol. The van der Waals surface area contributed by atoms with Gasteiger partial charge in [0.1, 0.15) is 0 Å². The number of rotatable bonds is 4. The van der Waals surface area contributed by atoms with Gasteiger partial charge in [-0.15, -0.1) is 0 Å². The van der Waals surface area contributed by atoms with E-state index in [9.17, 15) is 9.59 Å². The summed E-state index contributed by atoms with van der Waals surface area (Å²) in [4.78, 5) is 25.9. The summed E-state index contributed by atoms with van der Waals surface area (Å²) in [6, 6.07) is 0.270. The number of hydrogen-bond acceptors (Lipinski definition) is 4. The Morgan fingerprint density at radius 3 is 2.30 bits per heavy atom. The van der Waals surface area contributed by atoms with Gasteiger partial charge in [-0.2, -0.15) is 0 Å². The predicted molar refractivity (Wildman–Crippen MR) is 76.2 cm³/mol. The fourth-order valence-corrected chi connectivity index (χ4v) is 3.25. The summed E-state index contributed by atoms with van der Waals surface area (Å²) in [5, 5.41) is 3.15. The van der Waals surface area contributed by atoms with Gasteiger partial charge in [-0.05, 0) is 45.7 Å². The molecule has 0 bridgehead atoms. The van der Waals surface area contributed by atoms with Gasteiger partial charge in [0.2, 0.25) is 5.91 Å². The average Bonchev–Trinajstić information content (AvgIpc) is 2.98. The molecule has 2 aliphatic rings. The number of piperidine rings is 1. The lowest BCUT2D eigenvalue weighted by atomic mass is 9.96. The quantitative estimate of drug-likeness (QED) is 0.790. The summed E-state index contributed by atoms with van der Waals surface area (Å²) in [5.74, 6) is 0.0162. The predicted octanol–water partition coefficient (Wildman–Crippen LogP) is 1.32. The Morgan fingerprint density at radius 1 is 1.15 bits per heavy atom. The van der Waals surface area contributed by atoms with Gasteiger partial charge in [-0.3, -0.25) is 14.5 Å². The zero-order valence-corrected chi connectivity index (χ0v) is 12.6. The number of likely N-dealkylation sites (tertiary alicyclic amines) is 1. The molecule has 2 rings (SSSR count). The maximum atomic E-state index is 12.2. The van der Waals surface area contributed by atoms with Crippen molar-refractivity contribution in [2.45, 2.75) is 57.5 Å². The van der Waals surface area contributed by atoms with Crippen molar-refractivity contribution >= 4 is 11.9 Å². The van der Waals surface area contributed by atoms with Crippen molar-refractivity contribution in [3.63, 3.8) is 0 Å². The molecule has 1 saturated carbocycles.